The van der Waals surface area contributed by atoms with Crippen LogP contribution in [0, 0.1) is 5.92 Å². The van der Waals surface area contributed by atoms with Gasteiger partial charge in [0.25, 0.3) is 0 Å². The van der Waals surface area contributed by atoms with E-state index in [0.717, 1.165) is 11.3 Å². The standard InChI is InChI=1S/C11H16BrNO5S2/c1-6(5-14)7(2)13-20(16,17)9-4-8(11(15)18-3)19-10(9)12/h4,6-7,13-14H,5H2,1-3H3. The van der Waals surface area contributed by atoms with Gasteiger partial charge in [-0.3, -0.25) is 0 Å². The van der Waals surface area contributed by atoms with Gasteiger partial charge in [0, 0.05) is 12.6 Å². The Morgan fingerprint density at radius 3 is 2.65 bits per heavy atom. The number of halogens is 1. The van der Waals surface area contributed by atoms with E-state index in [0.29, 0.717) is 3.79 Å². The summed E-state index contributed by atoms with van der Waals surface area (Å²) < 4.78 is 31.8. The number of sulfonamides is 1. The Balaban J connectivity index is 3.04. The maximum atomic E-state index is 12.2. The SMILES string of the molecule is COC(=O)c1cc(S(=O)(=O)NC(C)C(C)CO)c(Br)s1. The average Bonchev–Trinajstić information content (AvgIpc) is 2.79. The monoisotopic (exact) mass is 385 g/mol. The molecule has 1 aromatic rings. The molecule has 0 saturated heterocycles. The summed E-state index contributed by atoms with van der Waals surface area (Å²) in [5.41, 5.74) is 0. The summed E-state index contributed by atoms with van der Waals surface area (Å²) >= 11 is 4.13. The minimum absolute atomic E-state index is 0.0140. The Labute approximate surface area is 130 Å². The molecule has 2 unspecified atom stereocenters. The Morgan fingerprint density at radius 1 is 1.55 bits per heavy atom. The lowest BCUT2D eigenvalue weighted by molar-refractivity contribution is 0.0606. The lowest BCUT2D eigenvalue weighted by atomic mass is 10.1. The number of methoxy groups -OCH3 is 1. The molecule has 1 heterocycles. The van der Waals surface area contributed by atoms with Gasteiger partial charge in [-0.05, 0) is 34.8 Å². The molecule has 0 spiro atoms. The van der Waals surface area contributed by atoms with Gasteiger partial charge in [-0.15, -0.1) is 11.3 Å². The molecule has 114 valence electrons. The normalized spacial score (nSPS) is 14.8. The number of esters is 1. The zero-order chi connectivity index (χ0) is 15.5. The molecule has 6 nitrogen and oxygen atoms in total. The van der Waals surface area contributed by atoms with Gasteiger partial charge in [0.05, 0.1) is 10.9 Å². The quantitative estimate of drug-likeness (QED) is 0.725. The van der Waals surface area contributed by atoms with Crippen LogP contribution in [0.4, 0.5) is 0 Å². The molecule has 2 N–H and O–H groups in total. The zero-order valence-corrected chi connectivity index (χ0v) is 14.4. The molecule has 0 aliphatic rings. The molecule has 0 amide bonds. The van der Waals surface area contributed by atoms with E-state index in [1.54, 1.807) is 13.8 Å². The molecular weight excluding hydrogens is 370 g/mol. The smallest absolute Gasteiger partial charge is 0.348 e. The first-order valence-electron chi connectivity index (χ1n) is 5.73. The highest BCUT2D eigenvalue weighted by Crippen LogP contribution is 2.32. The second-order valence-corrected chi connectivity index (χ2v) is 8.36. The number of thiophene rings is 1. The van der Waals surface area contributed by atoms with Crippen molar-refractivity contribution in [3.63, 3.8) is 0 Å². The summed E-state index contributed by atoms with van der Waals surface area (Å²) in [7, 11) is -2.54. The number of ether oxygens (including phenoxy) is 1. The average molecular weight is 386 g/mol. The molecule has 0 bridgehead atoms. The number of rotatable bonds is 6. The van der Waals surface area contributed by atoms with Crippen LogP contribution in [0.2, 0.25) is 0 Å². The Kier molecular flexibility index (Phi) is 6.14. The predicted octanol–water partition coefficient (Wildman–Crippen LogP) is 1.59. The molecule has 0 aliphatic heterocycles. The number of carbonyl (C=O) groups is 1. The van der Waals surface area contributed by atoms with Crippen molar-refractivity contribution in [2.24, 2.45) is 5.92 Å². The minimum Gasteiger partial charge on any atom is -0.465 e. The van der Waals surface area contributed by atoms with Gasteiger partial charge in [-0.2, -0.15) is 0 Å². The lowest BCUT2D eigenvalue weighted by Gasteiger charge is -2.18. The predicted molar refractivity (Wildman–Crippen MR) is 79.4 cm³/mol. The first-order valence-corrected chi connectivity index (χ1v) is 8.83. The Morgan fingerprint density at radius 2 is 2.15 bits per heavy atom. The van der Waals surface area contributed by atoms with Gasteiger partial charge in [-0.25, -0.2) is 17.9 Å². The van der Waals surface area contributed by atoms with Crippen molar-refractivity contribution in [3.05, 3.63) is 14.7 Å². The van der Waals surface area contributed by atoms with Crippen LogP contribution in [0.15, 0.2) is 14.7 Å². The maximum Gasteiger partial charge on any atom is 0.348 e. The Bertz CT molecular complexity index is 584. The van der Waals surface area contributed by atoms with Gasteiger partial charge in [0.15, 0.2) is 0 Å². The first-order chi connectivity index (χ1) is 9.22. The fraction of sp³-hybridized carbons (Fsp3) is 0.545. The van der Waals surface area contributed by atoms with Crippen molar-refractivity contribution in [3.8, 4) is 0 Å². The van der Waals surface area contributed by atoms with Crippen LogP contribution in [-0.4, -0.2) is 39.3 Å². The molecule has 1 aromatic heterocycles. The maximum absolute atomic E-state index is 12.2. The molecule has 9 heteroatoms. The molecule has 0 aliphatic carbocycles. The molecule has 0 radical (unpaired) electrons. The fourth-order valence-electron chi connectivity index (χ4n) is 1.32. The highest BCUT2D eigenvalue weighted by molar-refractivity contribution is 9.11. The fourth-order valence-corrected chi connectivity index (χ4v) is 5.15. The van der Waals surface area contributed by atoms with Crippen molar-refractivity contribution in [1.82, 2.24) is 4.72 Å². The molecular formula is C11H16BrNO5S2. The highest BCUT2D eigenvalue weighted by atomic mass is 79.9. The van der Waals surface area contributed by atoms with E-state index in [1.807, 2.05) is 0 Å². The minimum atomic E-state index is -3.77. The molecule has 2 atom stereocenters. The van der Waals surface area contributed by atoms with Crippen LogP contribution in [0.1, 0.15) is 23.5 Å². The zero-order valence-electron chi connectivity index (χ0n) is 11.2. The van der Waals surface area contributed by atoms with Crippen molar-refractivity contribution in [2.75, 3.05) is 13.7 Å². The number of nitrogens with one attached hydrogen (secondary N) is 1. The lowest BCUT2D eigenvalue weighted by Crippen LogP contribution is -2.38. The van der Waals surface area contributed by atoms with E-state index in [-0.39, 0.29) is 22.3 Å². The van der Waals surface area contributed by atoms with Crippen molar-refractivity contribution >= 4 is 43.3 Å². The second kappa shape index (κ2) is 6.99. The van der Waals surface area contributed by atoms with Crippen LogP contribution in [0.5, 0.6) is 0 Å². The summed E-state index contributed by atoms with van der Waals surface area (Å²) in [5.74, 6) is -0.809. The largest absolute Gasteiger partial charge is 0.465 e. The summed E-state index contributed by atoms with van der Waals surface area (Å²) in [5, 5.41) is 9.03. The van der Waals surface area contributed by atoms with E-state index in [2.05, 4.69) is 25.4 Å². The third-order valence-corrected chi connectivity index (χ3v) is 6.61. The molecule has 1 rings (SSSR count). The van der Waals surface area contributed by atoms with Gasteiger partial charge in [-0.1, -0.05) is 6.92 Å². The van der Waals surface area contributed by atoms with Crippen LogP contribution < -0.4 is 4.72 Å². The van der Waals surface area contributed by atoms with Gasteiger partial charge >= 0.3 is 5.97 Å². The van der Waals surface area contributed by atoms with E-state index < -0.39 is 22.0 Å². The topological polar surface area (TPSA) is 92.7 Å². The number of aliphatic hydroxyl groups is 1. The highest BCUT2D eigenvalue weighted by Gasteiger charge is 2.26. The van der Waals surface area contributed by atoms with Crippen molar-refractivity contribution in [2.45, 2.75) is 24.8 Å². The molecule has 0 aromatic carbocycles. The van der Waals surface area contributed by atoms with Crippen LogP contribution in [0.25, 0.3) is 0 Å². The third-order valence-electron chi connectivity index (χ3n) is 2.81. The van der Waals surface area contributed by atoms with Crippen LogP contribution in [0.3, 0.4) is 0 Å². The summed E-state index contributed by atoms with van der Waals surface area (Å²) in [6, 6.07) is 0.831. The van der Waals surface area contributed by atoms with Crippen LogP contribution in [-0.2, 0) is 14.8 Å². The van der Waals surface area contributed by atoms with Crippen molar-refractivity contribution < 1.29 is 23.1 Å². The van der Waals surface area contributed by atoms with E-state index >= 15 is 0 Å². The number of carbonyl (C=O) groups excluding carboxylic acids is 1. The van der Waals surface area contributed by atoms with E-state index in [1.165, 1.54) is 13.2 Å². The van der Waals surface area contributed by atoms with Crippen molar-refractivity contribution in [1.29, 1.82) is 0 Å². The van der Waals surface area contributed by atoms with E-state index in [9.17, 15) is 13.2 Å². The second-order valence-electron chi connectivity index (χ2n) is 4.31. The third kappa shape index (κ3) is 4.01. The van der Waals surface area contributed by atoms with Gasteiger partial charge in [0.1, 0.15) is 9.77 Å². The number of hydrogen-bond acceptors (Lipinski definition) is 6. The summed E-state index contributed by atoms with van der Waals surface area (Å²) in [6.45, 7) is 3.28. The molecule has 20 heavy (non-hydrogen) atoms. The summed E-state index contributed by atoms with van der Waals surface area (Å²) in [6.07, 6.45) is 0. The number of aliphatic hydroxyl groups excluding tert-OH is 1. The summed E-state index contributed by atoms with van der Waals surface area (Å²) in [4.78, 5) is 11.6. The van der Waals surface area contributed by atoms with Gasteiger partial charge in [0.2, 0.25) is 10.0 Å². The van der Waals surface area contributed by atoms with Crippen LogP contribution >= 0.6 is 27.3 Å². The molecule has 0 fully saturated rings. The molecule has 0 saturated carbocycles. The first kappa shape index (κ1) is 17.6. The number of hydrogen-bond donors (Lipinski definition) is 2. The van der Waals surface area contributed by atoms with Gasteiger partial charge < -0.3 is 9.84 Å². The van der Waals surface area contributed by atoms with E-state index in [4.69, 9.17) is 5.11 Å². The Hall–Kier alpha value is -0.480.